The molecule has 0 radical (unpaired) electrons. The summed E-state index contributed by atoms with van der Waals surface area (Å²) >= 11 is 0. The van der Waals surface area contributed by atoms with E-state index >= 15 is 0 Å². The molecule has 3 aliphatic rings. The highest BCUT2D eigenvalue weighted by atomic mass is 15.2. The molecule has 0 N–H and O–H groups in total. The Morgan fingerprint density at radius 1 is 0.500 bits per heavy atom. The Morgan fingerprint density at radius 3 is 1.66 bits per heavy atom. The van der Waals surface area contributed by atoms with Crippen LogP contribution in [0.2, 0.25) is 0 Å². The molecule has 0 amide bonds. The number of hydrogen-bond acceptors (Lipinski definition) is 2. The van der Waals surface area contributed by atoms with Gasteiger partial charge in [0.15, 0.2) is 0 Å². The molecule has 0 saturated carbocycles. The second kappa shape index (κ2) is 14.6. The second-order valence-electron chi connectivity index (χ2n) is 16.0. The molecule has 10 rings (SSSR count). The second-order valence-corrected chi connectivity index (χ2v) is 16.0. The van der Waals surface area contributed by atoms with Crippen LogP contribution in [0.1, 0.15) is 71.7 Å². The molecule has 7 aromatic carbocycles. The lowest BCUT2D eigenvalue weighted by Gasteiger charge is -2.28. The molecule has 280 valence electrons. The van der Waals surface area contributed by atoms with E-state index in [1.807, 2.05) is 0 Å². The van der Waals surface area contributed by atoms with Gasteiger partial charge in [-0.2, -0.15) is 0 Å². The quantitative estimate of drug-likeness (QED) is 0.150. The van der Waals surface area contributed by atoms with Crippen LogP contribution in [-0.2, 0) is 5.41 Å². The molecular weight excluding hydrogens is 701 g/mol. The molecular formula is C56H46N2. The minimum Gasteiger partial charge on any atom is -0.337 e. The first kappa shape index (κ1) is 35.5. The van der Waals surface area contributed by atoms with Gasteiger partial charge in [0.1, 0.15) is 0 Å². The highest BCUT2D eigenvalue weighted by Gasteiger charge is 2.36. The predicted molar refractivity (Wildman–Crippen MR) is 251 cm³/mol. The Balaban J connectivity index is 0.970. The highest BCUT2D eigenvalue weighted by molar-refractivity contribution is 6.05. The number of hydrogen-bond donors (Lipinski definition) is 0. The number of rotatable bonds is 7. The lowest BCUT2D eigenvalue weighted by molar-refractivity contribution is 0.617. The monoisotopic (exact) mass is 746 g/mol. The SMILES string of the molecule is CCC1=C(/C=C\CN2c3ccccc3C=Cc3ccccc32)c2ccc(/C=C/c3cccc4c(N5c6ccccc6C=Cc6ccccc65)cccc34)cc2C1(C)C. The summed E-state index contributed by atoms with van der Waals surface area (Å²) in [7, 11) is 0. The summed E-state index contributed by atoms with van der Waals surface area (Å²) in [5.41, 5.74) is 18.8. The van der Waals surface area contributed by atoms with Crippen molar-refractivity contribution in [1.82, 2.24) is 0 Å². The van der Waals surface area contributed by atoms with Crippen molar-refractivity contribution in [3.8, 4) is 0 Å². The minimum atomic E-state index is -0.0672. The zero-order valence-electron chi connectivity index (χ0n) is 33.4. The molecule has 7 aromatic rings. The molecule has 0 atom stereocenters. The van der Waals surface area contributed by atoms with Gasteiger partial charge in [-0.1, -0.05) is 196 Å². The van der Waals surface area contributed by atoms with Gasteiger partial charge < -0.3 is 9.80 Å². The highest BCUT2D eigenvalue weighted by Crippen LogP contribution is 2.49. The molecule has 0 spiro atoms. The van der Waals surface area contributed by atoms with Crippen LogP contribution < -0.4 is 9.80 Å². The van der Waals surface area contributed by atoms with Gasteiger partial charge in [0, 0.05) is 28.7 Å². The predicted octanol–water partition coefficient (Wildman–Crippen LogP) is 15.3. The van der Waals surface area contributed by atoms with Crippen LogP contribution in [0, 0.1) is 0 Å². The summed E-state index contributed by atoms with van der Waals surface area (Å²) < 4.78 is 0. The standard InChI is InChI=1S/C56H46N2/c1-4-49-46(23-15-37-57-51-24-9-5-16-41(51)32-33-42-17-6-10-25-52(42)57)47-36-30-39(38-50(47)56(49,2)3)29-31-40-20-13-22-48-45(40)21-14-28-55(48)58-53-26-11-7-18-43(53)34-35-44-19-8-12-27-54(44)58/h5-36,38H,4,37H2,1-3H3/b23-15-,31-29+. The van der Waals surface area contributed by atoms with E-state index in [1.165, 1.54) is 94.9 Å². The van der Waals surface area contributed by atoms with Gasteiger partial charge in [-0.25, -0.2) is 0 Å². The fraction of sp³-hybridized carbons (Fsp3) is 0.107. The van der Waals surface area contributed by atoms with E-state index < -0.39 is 0 Å². The van der Waals surface area contributed by atoms with Crippen molar-refractivity contribution < 1.29 is 0 Å². The summed E-state index contributed by atoms with van der Waals surface area (Å²) in [6.07, 6.45) is 19.3. The molecule has 2 nitrogen and oxygen atoms in total. The zero-order valence-corrected chi connectivity index (χ0v) is 33.4. The average Bonchev–Trinajstić information content (AvgIpc) is 3.38. The lowest BCUT2D eigenvalue weighted by Crippen LogP contribution is -2.18. The van der Waals surface area contributed by atoms with E-state index in [0.29, 0.717) is 0 Å². The summed E-state index contributed by atoms with van der Waals surface area (Å²) in [5, 5.41) is 2.46. The maximum atomic E-state index is 2.45. The zero-order chi connectivity index (χ0) is 39.2. The van der Waals surface area contributed by atoms with Gasteiger partial charge in [-0.05, 0) is 92.2 Å². The number of nitrogens with zero attached hydrogens (tertiary/aromatic N) is 2. The van der Waals surface area contributed by atoms with E-state index in [1.54, 1.807) is 0 Å². The van der Waals surface area contributed by atoms with E-state index in [9.17, 15) is 0 Å². The summed E-state index contributed by atoms with van der Waals surface area (Å²) in [6, 6.07) is 55.2. The summed E-state index contributed by atoms with van der Waals surface area (Å²) in [6.45, 7) is 7.88. The van der Waals surface area contributed by atoms with Crippen LogP contribution in [0.4, 0.5) is 28.4 Å². The summed E-state index contributed by atoms with van der Waals surface area (Å²) in [5.74, 6) is 0. The molecule has 2 heterocycles. The third-order valence-electron chi connectivity index (χ3n) is 12.3. The van der Waals surface area contributed by atoms with Crippen LogP contribution in [0.3, 0.4) is 0 Å². The minimum absolute atomic E-state index is 0.0672. The molecule has 0 bridgehead atoms. The Kier molecular flexibility index (Phi) is 8.91. The molecule has 0 aromatic heterocycles. The van der Waals surface area contributed by atoms with Crippen molar-refractivity contribution in [1.29, 1.82) is 0 Å². The van der Waals surface area contributed by atoms with Crippen molar-refractivity contribution in [2.75, 3.05) is 16.3 Å². The van der Waals surface area contributed by atoms with Gasteiger partial charge in [0.2, 0.25) is 0 Å². The van der Waals surface area contributed by atoms with Crippen molar-refractivity contribution in [3.63, 3.8) is 0 Å². The molecule has 0 fully saturated rings. The van der Waals surface area contributed by atoms with Crippen molar-refractivity contribution in [3.05, 3.63) is 214 Å². The first-order valence-electron chi connectivity index (χ1n) is 20.5. The van der Waals surface area contributed by atoms with Gasteiger partial charge in [0.05, 0.1) is 17.1 Å². The van der Waals surface area contributed by atoms with E-state index in [0.717, 1.165) is 13.0 Å². The largest absolute Gasteiger partial charge is 0.337 e. The topological polar surface area (TPSA) is 6.48 Å². The Morgan fingerprint density at radius 2 is 1.03 bits per heavy atom. The maximum Gasteiger partial charge on any atom is 0.0540 e. The van der Waals surface area contributed by atoms with Crippen molar-refractivity contribution in [2.24, 2.45) is 0 Å². The fourth-order valence-corrected chi connectivity index (χ4v) is 9.51. The number of allylic oxidation sites excluding steroid dienone is 3. The fourth-order valence-electron chi connectivity index (χ4n) is 9.51. The van der Waals surface area contributed by atoms with E-state index in [-0.39, 0.29) is 5.41 Å². The number of anilines is 5. The number of para-hydroxylation sites is 4. The summed E-state index contributed by atoms with van der Waals surface area (Å²) in [4.78, 5) is 4.87. The third-order valence-corrected chi connectivity index (χ3v) is 12.3. The number of benzene rings is 7. The normalized spacial score (nSPS) is 15.0. The van der Waals surface area contributed by atoms with E-state index in [2.05, 4.69) is 231 Å². The number of fused-ring (bicyclic) bond motifs is 6. The first-order chi connectivity index (χ1) is 28.5. The van der Waals surface area contributed by atoms with E-state index in [4.69, 9.17) is 0 Å². The van der Waals surface area contributed by atoms with Crippen molar-refractivity contribution in [2.45, 2.75) is 32.6 Å². The van der Waals surface area contributed by atoms with Crippen LogP contribution >= 0.6 is 0 Å². The Hall–Kier alpha value is -6.90. The molecule has 58 heavy (non-hydrogen) atoms. The molecule has 0 saturated heterocycles. The van der Waals surface area contributed by atoms with Crippen LogP contribution in [0.5, 0.6) is 0 Å². The van der Waals surface area contributed by atoms with Crippen LogP contribution in [0.15, 0.2) is 169 Å². The Bertz CT molecular complexity index is 2800. The lowest BCUT2D eigenvalue weighted by atomic mass is 9.79. The van der Waals surface area contributed by atoms with Gasteiger partial charge >= 0.3 is 0 Å². The molecule has 1 aliphatic carbocycles. The molecule has 0 unspecified atom stereocenters. The van der Waals surface area contributed by atoms with Gasteiger partial charge in [-0.3, -0.25) is 0 Å². The Labute approximate surface area is 342 Å². The molecule has 2 heteroatoms. The van der Waals surface area contributed by atoms with Gasteiger partial charge in [0.25, 0.3) is 0 Å². The third kappa shape index (κ3) is 6.04. The van der Waals surface area contributed by atoms with Gasteiger partial charge in [-0.15, -0.1) is 0 Å². The van der Waals surface area contributed by atoms with Crippen LogP contribution in [-0.4, -0.2) is 6.54 Å². The van der Waals surface area contributed by atoms with Crippen LogP contribution in [0.25, 0.3) is 52.8 Å². The first-order valence-corrected chi connectivity index (χ1v) is 20.5. The smallest absolute Gasteiger partial charge is 0.0540 e. The maximum absolute atomic E-state index is 2.45. The average molecular weight is 747 g/mol. The van der Waals surface area contributed by atoms with Crippen molar-refractivity contribution >= 4 is 81.2 Å². The molecule has 2 aliphatic heterocycles.